The lowest BCUT2D eigenvalue weighted by molar-refractivity contribution is -0.385. The van der Waals surface area contributed by atoms with Crippen LogP contribution in [0.25, 0.3) is 0 Å². The number of rotatable bonds is 2. The smallest absolute Gasteiger partial charge is 0.284 e. The number of hydrogen-bond acceptors (Lipinski definition) is 4. The first kappa shape index (κ1) is 14.5. The molecular weight excluding hydrogens is 352 g/mol. The molecule has 0 bridgehead atoms. The van der Waals surface area contributed by atoms with Crippen LogP contribution in [0.1, 0.15) is 10.4 Å². The van der Waals surface area contributed by atoms with Crippen molar-refractivity contribution in [2.75, 3.05) is 18.1 Å². The van der Waals surface area contributed by atoms with Gasteiger partial charge in [-0.1, -0.05) is 12.1 Å². The molecule has 2 aromatic carbocycles. The van der Waals surface area contributed by atoms with Crippen LogP contribution in [-0.2, 0) is 0 Å². The number of carbonyl (C=O) groups is 1. The molecule has 0 N–H and O–H groups in total. The second kappa shape index (κ2) is 5.76. The van der Waals surface area contributed by atoms with E-state index in [1.165, 1.54) is 12.1 Å². The zero-order valence-electron chi connectivity index (χ0n) is 11.4. The summed E-state index contributed by atoms with van der Waals surface area (Å²) in [5.74, 6) is 0.347. The maximum atomic E-state index is 12.7. The fourth-order valence-electron chi connectivity index (χ4n) is 2.32. The molecule has 0 saturated heterocycles. The van der Waals surface area contributed by atoms with Gasteiger partial charge < -0.3 is 9.64 Å². The Morgan fingerprint density at radius 3 is 2.82 bits per heavy atom. The van der Waals surface area contributed by atoms with Crippen LogP contribution in [0.15, 0.2) is 46.9 Å². The van der Waals surface area contributed by atoms with E-state index >= 15 is 0 Å². The summed E-state index contributed by atoms with van der Waals surface area (Å²) in [5, 5.41) is 11.0. The summed E-state index contributed by atoms with van der Waals surface area (Å²) in [6, 6.07) is 11.6. The number of nitro groups is 1. The molecule has 1 heterocycles. The third kappa shape index (κ3) is 2.55. The Bertz CT molecular complexity index is 763. The van der Waals surface area contributed by atoms with E-state index in [2.05, 4.69) is 15.9 Å². The number of amides is 1. The van der Waals surface area contributed by atoms with Gasteiger partial charge in [-0.15, -0.1) is 0 Å². The van der Waals surface area contributed by atoms with E-state index in [1.54, 1.807) is 23.1 Å². The topological polar surface area (TPSA) is 72.7 Å². The van der Waals surface area contributed by atoms with Gasteiger partial charge in [-0.3, -0.25) is 14.9 Å². The normalized spacial score (nSPS) is 13.2. The van der Waals surface area contributed by atoms with Crippen LogP contribution in [0, 0.1) is 10.1 Å². The molecule has 2 aromatic rings. The van der Waals surface area contributed by atoms with Crippen molar-refractivity contribution in [1.82, 2.24) is 0 Å². The summed E-state index contributed by atoms with van der Waals surface area (Å²) in [4.78, 5) is 24.7. The first-order valence-electron chi connectivity index (χ1n) is 6.55. The molecule has 0 aromatic heterocycles. The molecule has 0 aliphatic carbocycles. The summed E-state index contributed by atoms with van der Waals surface area (Å²) < 4.78 is 5.86. The molecule has 0 fully saturated rings. The average molecular weight is 363 g/mol. The van der Waals surface area contributed by atoms with Crippen LogP contribution in [-0.4, -0.2) is 24.0 Å². The van der Waals surface area contributed by atoms with Crippen LogP contribution in [0.5, 0.6) is 5.75 Å². The summed E-state index contributed by atoms with van der Waals surface area (Å²) in [6.07, 6.45) is 0. The maximum absolute atomic E-state index is 12.7. The van der Waals surface area contributed by atoms with Gasteiger partial charge in [-0.25, -0.2) is 0 Å². The van der Waals surface area contributed by atoms with Crippen molar-refractivity contribution in [1.29, 1.82) is 0 Å². The van der Waals surface area contributed by atoms with Crippen molar-refractivity contribution < 1.29 is 14.5 Å². The monoisotopic (exact) mass is 362 g/mol. The second-order valence-corrected chi connectivity index (χ2v) is 5.55. The zero-order chi connectivity index (χ0) is 15.7. The summed E-state index contributed by atoms with van der Waals surface area (Å²) >= 11 is 3.12. The van der Waals surface area contributed by atoms with Gasteiger partial charge in [0.1, 0.15) is 12.4 Å². The Kier molecular flexibility index (Phi) is 3.81. The number of para-hydroxylation sites is 2. The maximum Gasteiger partial charge on any atom is 0.284 e. The van der Waals surface area contributed by atoms with Crippen LogP contribution in [0.2, 0.25) is 0 Å². The highest BCUT2D eigenvalue weighted by atomic mass is 79.9. The minimum Gasteiger partial charge on any atom is -0.490 e. The predicted octanol–water partition coefficient (Wildman–Crippen LogP) is 3.40. The Hall–Kier alpha value is -2.41. The lowest BCUT2D eigenvalue weighted by atomic mass is 10.1. The molecule has 3 rings (SSSR count). The third-order valence-corrected chi connectivity index (χ3v) is 4.03. The number of anilines is 1. The lowest BCUT2D eigenvalue weighted by Gasteiger charge is -2.29. The van der Waals surface area contributed by atoms with Gasteiger partial charge in [0.05, 0.1) is 21.6 Å². The van der Waals surface area contributed by atoms with E-state index in [-0.39, 0.29) is 17.2 Å². The van der Waals surface area contributed by atoms with E-state index in [1.807, 2.05) is 12.1 Å². The highest BCUT2D eigenvalue weighted by molar-refractivity contribution is 9.10. The second-order valence-electron chi connectivity index (χ2n) is 4.70. The van der Waals surface area contributed by atoms with Gasteiger partial charge in [0.2, 0.25) is 0 Å². The third-order valence-electron chi connectivity index (χ3n) is 3.36. The molecule has 6 nitrogen and oxygen atoms in total. The van der Waals surface area contributed by atoms with Gasteiger partial charge in [0.15, 0.2) is 0 Å². The van der Waals surface area contributed by atoms with Gasteiger partial charge in [-0.05, 0) is 40.2 Å². The Morgan fingerprint density at radius 2 is 2.05 bits per heavy atom. The number of nitrogens with zero attached hydrogens (tertiary/aromatic N) is 2. The Morgan fingerprint density at radius 1 is 1.27 bits per heavy atom. The van der Waals surface area contributed by atoms with Crippen molar-refractivity contribution in [3.05, 3.63) is 62.6 Å². The van der Waals surface area contributed by atoms with Gasteiger partial charge in [-0.2, -0.15) is 0 Å². The molecule has 22 heavy (non-hydrogen) atoms. The van der Waals surface area contributed by atoms with E-state index < -0.39 is 4.92 Å². The highest BCUT2D eigenvalue weighted by Gasteiger charge is 2.26. The zero-order valence-corrected chi connectivity index (χ0v) is 12.9. The fourth-order valence-corrected chi connectivity index (χ4v) is 2.71. The van der Waals surface area contributed by atoms with Crippen molar-refractivity contribution in [3.8, 4) is 5.75 Å². The number of carbonyl (C=O) groups excluding carboxylic acids is 1. The standard InChI is InChI=1S/C15H11BrN2O4/c16-11-6-5-10(9-13(11)18(20)21)15(19)17-7-8-22-14-4-2-1-3-12(14)17/h1-6,9H,7-8H2. The number of ether oxygens (including phenoxy) is 1. The van der Waals surface area contributed by atoms with Gasteiger partial charge >= 0.3 is 0 Å². The molecule has 112 valence electrons. The molecule has 0 saturated carbocycles. The quantitative estimate of drug-likeness (QED) is 0.606. The minimum atomic E-state index is -0.520. The summed E-state index contributed by atoms with van der Waals surface area (Å²) in [6.45, 7) is 0.793. The van der Waals surface area contributed by atoms with Gasteiger partial charge in [0.25, 0.3) is 11.6 Å². The van der Waals surface area contributed by atoms with Crippen molar-refractivity contribution >= 4 is 33.2 Å². The highest BCUT2D eigenvalue weighted by Crippen LogP contribution is 2.33. The number of hydrogen-bond donors (Lipinski definition) is 0. The number of nitro benzene ring substituents is 1. The minimum absolute atomic E-state index is 0.132. The summed E-state index contributed by atoms with van der Waals surface area (Å²) in [5.41, 5.74) is 0.809. The average Bonchev–Trinajstić information content (AvgIpc) is 2.54. The van der Waals surface area contributed by atoms with Crippen LogP contribution < -0.4 is 9.64 Å². The SMILES string of the molecule is O=C(c1ccc(Br)c([N+](=O)[O-])c1)N1CCOc2ccccc21. The fraction of sp³-hybridized carbons (Fsp3) is 0.133. The lowest BCUT2D eigenvalue weighted by Crippen LogP contribution is -2.37. The molecule has 0 spiro atoms. The number of benzene rings is 2. The largest absolute Gasteiger partial charge is 0.490 e. The molecule has 0 unspecified atom stereocenters. The Labute approximate surface area is 134 Å². The number of halogens is 1. The summed E-state index contributed by atoms with van der Waals surface area (Å²) in [7, 11) is 0. The molecule has 0 radical (unpaired) electrons. The first-order valence-corrected chi connectivity index (χ1v) is 7.35. The first-order chi connectivity index (χ1) is 10.6. The van der Waals surface area contributed by atoms with Crippen molar-refractivity contribution in [2.45, 2.75) is 0 Å². The number of fused-ring (bicyclic) bond motifs is 1. The van der Waals surface area contributed by atoms with E-state index in [0.29, 0.717) is 29.1 Å². The van der Waals surface area contributed by atoms with E-state index in [0.717, 1.165) is 0 Å². The Balaban J connectivity index is 1.99. The van der Waals surface area contributed by atoms with Crippen molar-refractivity contribution in [3.63, 3.8) is 0 Å². The molecule has 0 atom stereocenters. The molecule has 1 amide bonds. The van der Waals surface area contributed by atoms with E-state index in [9.17, 15) is 14.9 Å². The molecule has 1 aliphatic rings. The van der Waals surface area contributed by atoms with E-state index in [4.69, 9.17) is 4.74 Å². The van der Waals surface area contributed by atoms with Crippen LogP contribution in [0.4, 0.5) is 11.4 Å². The van der Waals surface area contributed by atoms with Crippen LogP contribution >= 0.6 is 15.9 Å². The molecule has 7 heteroatoms. The van der Waals surface area contributed by atoms with Crippen molar-refractivity contribution in [2.24, 2.45) is 0 Å². The van der Waals surface area contributed by atoms with Gasteiger partial charge in [0, 0.05) is 11.6 Å². The van der Waals surface area contributed by atoms with Crippen LogP contribution in [0.3, 0.4) is 0 Å². The molecule has 1 aliphatic heterocycles. The predicted molar refractivity (Wildman–Crippen MR) is 84.4 cm³/mol. The molecular formula is C15H11BrN2O4.